The number of hydrogen-bond donors (Lipinski definition) is 3. The molecule has 1 heterocycles. The smallest absolute Gasteiger partial charge is 0.184 e. The van der Waals surface area contributed by atoms with E-state index in [0.717, 1.165) is 24.0 Å². The van der Waals surface area contributed by atoms with Gasteiger partial charge in [-0.2, -0.15) is 14.0 Å². The van der Waals surface area contributed by atoms with Gasteiger partial charge in [-0.3, -0.25) is 0 Å². The number of nitrogens with zero attached hydrogens (tertiary/aromatic N) is 1. The molecule has 0 aliphatic rings. The number of nitrogens with one attached hydrogen (secondary N) is 2. The number of hydrogen-bond acceptors (Lipinski definition) is 8. The summed E-state index contributed by atoms with van der Waals surface area (Å²) < 4.78 is 32.7. The summed E-state index contributed by atoms with van der Waals surface area (Å²) in [6, 6.07) is 0. The van der Waals surface area contributed by atoms with Crippen LogP contribution in [0.25, 0.3) is 0 Å². The maximum atomic E-state index is 8.60. The molecule has 7 nitrogen and oxygen atoms in total. The van der Waals surface area contributed by atoms with Crippen molar-refractivity contribution in [1.82, 2.24) is 4.98 Å². The largest absolute Gasteiger partial charge is 0.369 e. The highest BCUT2D eigenvalue weighted by atomic mass is 35.7. The molecule has 3 N–H and O–H groups in total. The fraction of sp³-hybridized carbons (Fsp3) is 0.727. The quantitative estimate of drug-likeness (QED) is 0.546. The summed E-state index contributed by atoms with van der Waals surface area (Å²) in [5.74, 6) is 1.01. The summed E-state index contributed by atoms with van der Waals surface area (Å²) in [4.78, 5) is 4.45. The van der Waals surface area contributed by atoms with Crippen LogP contribution in [-0.4, -0.2) is 22.7 Å². The van der Waals surface area contributed by atoms with E-state index < -0.39 is 10.2 Å². The van der Waals surface area contributed by atoms with Crippen molar-refractivity contribution in [3.63, 3.8) is 0 Å². The Morgan fingerprint density at radius 3 is 2.15 bits per heavy atom. The van der Waals surface area contributed by atoms with Crippen molar-refractivity contribution < 1.29 is 28.9 Å². The highest BCUT2D eigenvalue weighted by Crippen LogP contribution is 2.18. The van der Waals surface area contributed by atoms with Crippen LogP contribution < -0.4 is 24.6 Å². The van der Waals surface area contributed by atoms with Crippen LogP contribution in [-0.2, 0) is 0 Å². The Kier molecular flexibility index (Phi) is 10.7. The molecule has 0 saturated carbocycles. The number of unbranched alkanes of at least 4 members (excludes halogenated alkanes) is 2. The van der Waals surface area contributed by atoms with E-state index in [1.807, 2.05) is 0 Å². The molecule has 1 rings (SSSR count). The molecule has 0 aliphatic carbocycles. The van der Waals surface area contributed by atoms with Crippen molar-refractivity contribution >= 4 is 22.3 Å². The van der Waals surface area contributed by atoms with Crippen molar-refractivity contribution in [3.8, 4) is 0 Å². The minimum Gasteiger partial charge on any atom is -0.369 e. The molecule has 0 unspecified atom stereocenters. The van der Waals surface area contributed by atoms with E-state index in [9.17, 15) is 0 Å². The molecule has 20 heavy (non-hydrogen) atoms. The van der Waals surface area contributed by atoms with E-state index in [0.29, 0.717) is 0 Å². The number of thiazole rings is 1. The second-order valence-corrected chi connectivity index (χ2v) is 5.64. The molecule has 0 bridgehead atoms. The van der Waals surface area contributed by atoms with Gasteiger partial charge in [0.25, 0.3) is 0 Å². The Labute approximate surface area is 125 Å². The molecule has 0 spiro atoms. The topological polar surface area (TPSA) is 126 Å². The van der Waals surface area contributed by atoms with Gasteiger partial charge in [0.1, 0.15) is 5.82 Å². The molecule has 0 fully saturated rings. The summed E-state index contributed by atoms with van der Waals surface area (Å²) in [6.45, 7) is 6.44. The van der Waals surface area contributed by atoms with Crippen LogP contribution >= 0.6 is 11.3 Å². The highest BCUT2D eigenvalue weighted by molar-refractivity contribution is 7.14. The van der Waals surface area contributed by atoms with Gasteiger partial charge in [-0.25, -0.2) is 4.98 Å². The summed E-state index contributed by atoms with van der Waals surface area (Å²) in [7, 11) is -4.69. The molecule has 0 aliphatic heterocycles. The van der Waals surface area contributed by atoms with Gasteiger partial charge < -0.3 is 10.6 Å². The fourth-order valence-corrected chi connectivity index (χ4v) is 1.90. The lowest BCUT2D eigenvalue weighted by molar-refractivity contribution is -1.92. The average molecular weight is 328 g/mol. The predicted octanol–water partition coefficient (Wildman–Crippen LogP) is -0.557. The highest BCUT2D eigenvalue weighted by Gasteiger charge is 1.99. The average Bonchev–Trinajstić information content (AvgIpc) is 2.76. The van der Waals surface area contributed by atoms with Crippen LogP contribution in [0.2, 0.25) is 0 Å². The van der Waals surface area contributed by atoms with Crippen LogP contribution in [0.4, 0.5) is 10.9 Å². The molecule has 118 valence electrons. The zero-order valence-corrected chi connectivity index (χ0v) is 13.3. The first kappa shape index (κ1) is 19.4. The lowest BCUT2D eigenvalue weighted by Gasteiger charge is -2.03. The van der Waals surface area contributed by atoms with Crippen LogP contribution in [0.3, 0.4) is 0 Å². The Balaban J connectivity index is 0.000000621. The minimum absolute atomic E-state index is 1.01. The molecule has 0 atom stereocenters. The zero-order chi connectivity index (χ0) is 15.4. The van der Waals surface area contributed by atoms with E-state index >= 15 is 0 Å². The summed E-state index contributed by atoms with van der Waals surface area (Å²) in [5.41, 5.74) is 0. The Morgan fingerprint density at radius 1 is 1.15 bits per heavy atom. The van der Waals surface area contributed by atoms with Gasteiger partial charge in [-0.05, 0) is 12.8 Å². The Morgan fingerprint density at radius 2 is 1.65 bits per heavy atom. The number of aromatic nitrogens is 1. The van der Waals surface area contributed by atoms with Crippen molar-refractivity contribution in [1.29, 1.82) is 0 Å². The monoisotopic (exact) mass is 327 g/mol. The van der Waals surface area contributed by atoms with Crippen molar-refractivity contribution in [2.45, 2.75) is 39.5 Å². The molecule has 1 aromatic heterocycles. The van der Waals surface area contributed by atoms with E-state index in [1.54, 1.807) is 11.3 Å². The molecule has 1 aromatic rings. The first-order valence-corrected chi connectivity index (χ1v) is 8.57. The summed E-state index contributed by atoms with van der Waals surface area (Å²) in [6.07, 6.45) is 4.85. The third-order valence-corrected chi connectivity index (χ3v) is 2.95. The van der Waals surface area contributed by atoms with Crippen molar-refractivity contribution in [3.05, 3.63) is 5.38 Å². The standard InChI is InChI=1S/C11H21N3S.ClHO4/c1-3-5-7-12-10-9-15-11(14-10)13-8-6-4-2;2-1(3,4)5/h9,12H,3-8H2,1-2H3,(H,13,14);(H,2,3,4,5). The van der Waals surface area contributed by atoms with Gasteiger partial charge in [-0.15, -0.1) is 11.3 Å². The summed E-state index contributed by atoms with van der Waals surface area (Å²) >= 11 is 1.67. The molecule has 0 aromatic carbocycles. The SMILES string of the molecule is CCCCNc1csc(NCCCC)n1.[O-][Cl+3]([O-])([O-])O. The van der Waals surface area contributed by atoms with Crippen LogP contribution in [0.5, 0.6) is 0 Å². The molecule has 0 saturated heterocycles. The molecular weight excluding hydrogens is 306 g/mol. The van der Waals surface area contributed by atoms with Gasteiger partial charge in [0.05, 0.1) is 14.9 Å². The molecule has 0 amide bonds. The van der Waals surface area contributed by atoms with Gasteiger partial charge in [0.15, 0.2) is 5.13 Å². The first-order chi connectivity index (χ1) is 9.36. The van der Waals surface area contributed by atoms with Gasteiger partial charge in [0.2, 0.25) is 0 Å². The van der Waals surface area contributed by atoms with Crippen LogP contribution in [0.15, 0.2) is 5.38 Å². The normalized spacial score (nSPS) is 10.7. The predicted molar refractivity (Wildman–Crippen MR) is 71.1 cm³/mol. The van der Waals surface area contributed by atoms with E-state index in [2.05, 4.69) is 34.8 Å². The number of anilines is 2. The molecule has 0 radical (unpaired) electrons. The lowest BCUT2D eigenvalue weighted by atomic mass is 10.3. The first-order valence-electron chi connectivity index (χ1n) is 6.43. The third-order valence-electron chi connectivity index (χ3n) is 2.15. The Hall–Kier alpha value is -0.640. The lowest BCUT2D eigenvalue weighted by Crippen LogP contribution is -2.58. The summed E-state index contributed by atoms with van der Waals surface area (Å²) in [5, 5.41) is 9.74. The van der Waals surface area contributed by atoms with Crippen molar-refractivity contribution in [2.75, 3.05) is 23.7 Å². The maximum Gasteiger partial charge on any atom is 0.184 e. The Bertz CT molecular complexity index is 316. The third kappa shape index (κ3) is 13.8. The van der Waals surface area contributed by atoms with Crippen molar-refractivity contribution in [2.24, 2.45) is 0 Å². The minimum atomic E-state index is -4.69. The van der Waals surface area contributed by atoms with E-state index in [-0.39, 0.29) is 0 Å². The fourth-order valence-electron chi connectivity index (χ4n) is 1.20. The van der Waals surface area contributed by atoms with E-state index in [1.165, 1.54) is 25.7 Å². The van der Waals surface area contributed by atoms with Gasteiger partial charge in [-0.1, -0.05) is 26.7 Å². The second kappa shape index (κ2) is 11.1. The second-order valence-electron chi connectivity index (χ2n) is 3.99. The molecular formula is C11H22ClN3O4S. The maximum absolute atomic E-state index is 8.60. The van der Waals surface area contributed by atoms with E-state index in [4.69, 9.17) is 18.6 Å². The van der Waals surface area contributed by atoms with Crippen LogP contribution in [0, 0.1) is 10.2 Å². The molecule has 9 heteroatoms. The number of rotatable bonds is 8. The van der Waals surface area contributed by atoms with Gasteiger partial charge >= 0.3 is 0 Å². The zero-order valence-electron chi connectivity index (χ0n) is 11.7. The number of halogens is 1. The van der Waals surface area contributed by atoms with Crippen LogP contribution in [0.1, 0.15) is 39.5 Å². The van der Waals surface area contributed by atoms with Gasteiger partial charge in [0, 0.05) is 18.5 Å².